The second-order valence-electron chi connectivity index (χ2n) is 5.11. The molecule has 1 aliphatic heterocycles. The van der Waals surface area contributed by atoms with E-state index < -0.39 is 0 Å². The minimum atomic E-state index is 0.674. The predicted molar refractivity (Wildman–Crippen MR) is 73.1 cm³/mol. The van der Waals surface area contributed by atoms with Gasteiger partial charge in [0.1, 0.15) is 0 Å². The highest BCUT2D eigenvalue weighted by molar-refractivity contribution is 7.15. The molecule has 2 N–H and O–H groups in total. The molecule has 1 fully saturated rings. The molecular weight excluding hydrogens is 232 g/mol. The maximum Gasteiger partial charge on any atom is 0.180 e. The molecule has 17 heavy (non-hydrogen) atoms. The number of likely N-dealkylation sites (tertiary alicyclic amines) is 1. The minimum Gasteiger partial charge on any atom is -0.375 e. The fourth-order valence-electron chi connectivity index (χ4n) is 2.41. The summed E-state index contributed by atoms with van der Waals surface area (Å²) in [6.45, 7) is 4.64. The molecule has 0 aliphatic carbocycles. The van der Waals surface area contributed by atoms with Gasteiger partial charge in [0.05, 0.1) is 0 Å². The molecule has 96 valence electrons. The highest BCUT2D eigenvalue weighted by Gasteiger charge is 2.18. The van der Waals surface area contributed by atoms with Crippen LogP contribution in [-0.2, 0) is 6.54 Å². The van der Waals surface area contributed by atoms with Crippen LogP contribution in [0, 0.1) is 5.92 Å². The standard InChI is InChI=1S/C12H22N4S/c1-15-5-3-10(4-6-15)8-16(2)9-11-7-14-12(13)17-11/h7,10H,3-6,8-9H2,1-2H3,(H2,13,14). The van der Waals surface area contributed by atoms with Gasteiger partial charge in [-0.05, 0) is 45.9 Å². The van der Waals surface area contributed by atoms with Crippen molar-refractivity contribution in [1.82, 2.24) is 14.8 Å². The number of hydrogen-bond donors (Lipinski definition) is 1. The van der Waals surface area contributed by atoms with Gasteiger partial charge in [-0.25, -0.2) is 4.98 Å². The Labute approximate surface area is 107 Å². The van der Waals surface area contributed by atoms with E-state index in [-0.39, 0.29) is 0 Å². The number of rotatable bonds is 4. The maximum absolute atomic E-state index is 5.64. The van der Waals surface area contributed by atoms with Crippen molar-refractivity contribution in [2.24, 2.45) is 5.92 Å². The first-order valence-corrected chi connectivity index (χ1v) is 7.02. The van der Waals surface area contributed by atoms with E-state index in [1.807, 2.05) is 6.20 Å². The quantitative estimate of drug-likeness (QED) is 0.884. The van der Waals surface area contributed by atoms with E-state index in [9.17, 15) is 0 Å². The summed E-state index contributed by atoms with van der Waals surface area (Å²) in [5, 5.41) is 0.674. The number of nitrogen functional groups attached to an aromatic ring is 1. The van der Waals surface area contributed by atoms with E-state index in [4.69, 9.17) is 5.73 Å². The molecule has 0 saturated carbocycles. The lowest BCUT2D eigenvalue weighted by Gasteiger charge is -2.31. The zero-order valence-electron chi connectivity index (χ0n) is 10.7. The van der Waals surface area contributed by atoms with Crippen molar-refractivity contribution in [2.75, 3.05) is 39.5 Å². The highest BCUT2D eigenvalue weighted by atomic mass is 32.1. The van der Waals surface area contributed by atoms with Crippen molar-refractivity contribution in [1.29, 1.82) is 0 Å². The lowest BCUT2D eigenvalue weighted by molar-refractivity contribution is 0.174. The van der Waals surface area contributed by atoms with Crippen molar-refractivity contribution >= 4 is 16.5 Å². The van der Waals surface area contributed by atoms with Crippen LogP contribution in [0.4, 0.5) is 5.13 Å². The maximum atomic E-state index is 5.64. The highest BCUT2D eigenvalue weighted by Crippen LogP contribution is 2.20. The van der Waals surface area contributed by atoms with Crippen LogP contribution in [-0.4, -0.2) is 48.5 Å². The van der Waals surface area contributed by atoms with Crippen molar-refractivity contribution in [3.63, 3.8) is 0 Å². The largest absolute Gasteiger partial charge is 0.375 e. The Morgan fingerprint density at radius 2 is 2.24 bits per heavy atom. The predicted octanol–water partition coefficient (Wildman–Crippen LogP) is 1.50. The molecule has 0 atom stereocenters. The number of anilines is 1. The molecular formula is C12H22N4S. The van der Waals surface area contributed by atoms with Crippen LogP contribution in [0.15, 0.2) is 6.20 Å². The topological polar surface area (TPSA) is 45.4 Å². The molecule has 0 amide bonds. The minimum absolute atomic E-state index is 0.674. The van der Waals surface area contributed by atoms with Crippen LogP contribution >= 0.6 is 11.3 Å². The molecule has 5 heteroatoms. The number of piperidine rings is 1. The van der Waals surface area contributed by atoms with Crippen molar-refractivity contribution in [3.8, 4) is 0 Å². The van der Waals surface area contributed by atoms with Crippen LogP contribution in [0.2, 0.25) is 0 Å². The van der Waals surface area contributed by atoms with Crippen molar-refractivity contribution in [2.45, 2.75) is 19.4 Å². The summed E-state index contributed by atoms with van der Waals surface area (Å²) in [5.74, 6) is 0.849. The zero-order chi connectivity index (χ0) is 12.3. The van der Waals surface area contributed by atoms with Crippen molar-refractivity contribution in [3.05, 3.63) is 11.1 Å². The Kier molecular flexibility index (Phi) is 4.36. The van der Waals surface area contributed by atoms with E-state index in [1.54, 1.807) is 11.3 Å². The van der Waals surface area contributed by atoms with Crippen LogP contribution < -0.4 is 5.73 Å². The lowest BCUT2D eigenvalue weighted by Crippen LogP contribution is -2.35. The molecule has 0 unspecified atom stereocenters. The third kappa shape index (κ3) is 3.94. The second-order valence-corrected chi connectivity index (χ2v) is 6.25. The molecule has 1 aromatic heterocycles. The van der Waals surface area contributed by atoms with Gasteiger partial charge in [0.2, 0.25) is 0 Å². The molecule has 1 saturated heterocycles. The van der Waals surface area contributed by atoms with Crippen molar-refractivity contribution < 1.29 is 0 Å². The van der Waals surface area contributed by atoms with Crippen LogP contribution in [0.25, 0.3) is 0 Å². The Morgan fingerprint density at radius 3 is 2.82 bits per heavy atom. The van der Waals surface area contributed by atoms with Gasteiger partial charge in [-0.3, -0.25) is 0 Å². The summed E-state index contributed by atoms with van der Waals surface area (Å²) in [7, 11) is 4.40. The number of hydrogen-bond acceptors (Lipinski definition) is 5. The summed E-state index contributed by atoms with van der Waals surface area (Å²) in [5.41, 5.74) is 5.64. The number of thiazole rings is 1. The summed E-state index contributed by atoms with van der Waals surface area (Å²) < 4.78 is 0. The van der Waals surface area contributed by atoms with Gasteiger partial charge in [0.25, 0.3) is 0 Å². The fraction of sp³-hybridized carbons (Fsp3) is 0.750. The SMILES string of the molecule is CN1CCC(CN(C)Cc2cnc(N)s2)CC1. The van der Waals surface area contributed by atoms with Crippen LogP contribution in [0.1, 0.15) is 17.7 Å². The average molecular weight is 254 g/mol. The molecule has 0 radical (unpaired) electrons. The Hall–Kier alpha value is -0.650. The molecule has 1 aliphatic rings. The number of nitrogens with zero attached hydrogens (tertiary/aromatic N) is 3. The first-order valence-electron chi connectivity index (χ1n) is 6.21. The third-order valence-corrected chi connectivity index (χ3v) is 4.22. The number of aromatic nitrogens is 1. The summed E-state index contributed by atoms with van der Waals surface area (Å²) in [6.07, 6.45) is 4.54. The molecule has 0 aromatic carbocycles. The van der Waals surface area contributed by atoms with E-state index in [0.717, 1.165) is 12.5 Å². The Bertz CT molecular complexity index is 344. The van der Waals surface area contributed by atoms with Crippen LogP contribution in [0.5, 0.6) is 0 Å². The molecule has 0 spiro atoms. The number of nitrogens with two attached hydrogens (primary N) is 1. The van der Waals surface area contributed by atoms with E-state index in [1.165, 1.54) is 37.4 Å². The molecule has 0 bridgehead atoms. The summed E-state index contributed by atoms with van der Waals surface area (Å²) in [4.78, 5) is 10.2. The van der Waals surface area contributed by atoms with Crippen LogP contribution in [0.3, 0.4) is 0 Å². The van der Waals surface area contributed by atoms with Gasteiger partial charge in [-0.2, -0.15) is 0 Å². The zero-order valence-corrected chi connectivity index (χ0v) is 11.5. The smallest absolute Gasteiger partial charge is 0.180 e. The van der Waals surface area contributed by atoms with E-state index in [2.05, 4.69) is 28.9 Å². The van der Waals surface area contributed by atoms with E-state index >= 15 is 0 Å². The lowest BCUT2D eigenvalue weighted by atomic mass is 9.97. The fourth-order valence-corrected chi connectivity index (χ4v) is 3.18. The van der Waals surface area contributed by atoms with Gasteiger partial charge in [0.15, 0.2) is 5.13 Å². The van der Waals surface area contributed by atoms with E-state index in [0.29, 0.717) is 5.13 Å². The normalized spacial score (nSPS) is 19.0. The average Bonchev–Trinajstić information content (AvgIpc) is 2.67. The summed E-state index contributed by atoms with van der Waals surface area (Å²) >= 11 is 1.60. The molecule has 1 aromatic rings. The van der Waals surface area contributed by atoms with Gasteiger partial charge < -0.3 is 15.5 Å². The first-order chi connectivity index (χ1) is 8.13. The first kappa shape index (κ1) is 12.8. The monoisotopic (exact) mass is 254 g/mol. The van der Waals surface area contributed by atoms with Gasteiger partial charge in [0, 0.05) is 24.2 Å². The molecule has 2 rings (SSSR count). The third-order valence-electron chi connectivity index (χ3n) is 3.41. The molecule has 2 heterocycles. The van der Waals surface area contributed by atoms with Gasteiger partial charge >= 0.3 is 0 Å². The van der Waals surface area contributed by atoms with Gasteiger partial charge in [-0.15, -0.1) is 11.3 Å². The second kappa shape index (κ2) is 5.80. The van der Waals surface area contributed by atoms with Gasteiger partial charge in [-0.1, -0.05) is 0 Å². The Morgan fingerprint density at radius 1 is 1.53 bits per heavy atom. The Balaban J connectivity index is 1.75. The summed E-state index contributed by atoms with van der Waals surface area (Å²) in [6, 6.07) is 0. The molecule has 4 nitrogen and oxygen atoms in total.